The molecule has 0 spiro atoms. The number of carbonyl (C=O) groups excluding carboxylic acids is 1. The summed E-state index contributed by atoms with van der Waals surface area (Å²) in [6.45, 7) is 8.50. The molecule has 1 aromatic rings. The van der Waals surface area contributed by atoms with Gasteiger partial charge >= 0.3 is 5.97 Å². The Bertz CT molecular complexity index is 547. The third-order valence-electron chi connectivity index (χ3n) is 3.75. The van der Waals surface area contributed by atoms with Crippen molar-refractivity contribution in [3.63, 3.8) is 0 Å². The van der Waals surface area contributed by atoms with Crippen LogP contribution in [-0.2, 0) is 10.2 Å². The number of rotatable bonds is 2. The molecule has 0 saturated carbocycles. The van der Waals surface area contributed by atoms with Crippen LogP contribution in [0.15, 0.2) is 5.51 Å². The number of amides is 1. The summed E-state index contributed by atoms with van der Waals surface area (Å²) in [5.74, 6) is -0.935. The third kappa shape index (κ3) is 2.57. The smallest absolute Gasteiger partial charge is 0.311 e. The zero-order valence-corrected chi connectivity index (χ0v) is 13.1. The lowest BCUT2D eigenvalue weighted by Crippen LogP contribution is -2.35. The second-order valence-electron chi connectivity index (χ2n) is 6.62. The summed E-state index contributed by atoms with van der Waals surface area (Å²) in [4.78, 5) is 30.4. The zero-order chi connectivity index (χ0) is 15.1. The van der Waals surface area contributed by atoms with Crippen LogP contribution in [0.2, 0.25) is 0 Å². The summed E-state index contributed by atoms with van der Waals surface area (Å²) in [7, 11) is 0. The van der Waals surface area contributed by atoms with Gasteiger partial charge in [-0.2, -0.15) is 0 Å². The molecule has 1 aliphatic rings. The Balaban J connectivity index is 2.23. The number of carbonyl (C=O) groups is 2. The van der Waals surface area contributed by atoms with Gasteiger partial charge in [0.05, 0.1) is 16.6 Å². The quantitative estimate of drug-likeness (QED) is 0.909. The van der Waals surface area contributed by atoms with Gasteiger partial charge in [-0.3, -0.25) is 9.59 Å². The van der Waals surface area contributed by atoms with Crippen LogP contribution in [-0.4, -0.2) is 40.0 Å². The maximum atomic E-state index is 12.6. The van der Waals surface area contributed by atoms with E-state index in [-0.39, 0.29) is 17.9 Å². The van der Waals surface area contributed by atoms with E-state index in [2.05, 4.69) is 4.98 Å². The van der Waals surface area contributed by atoms with E-state index in [9.17, 15) is 14.7 Å². The third-order valence-corrected chi connectivity index (χ3v) is 4.56. The first-order chi connectivity index (χ1) is 9.15. The largest absolute Gasteiger partial charge is 0.481 e. The summed E-state index contributed by atoms with van der Waals surface area (Å²) in [5.41, 5.74) is 1.44. The van der Waals surface area contributed by atoms with Crippen molar-refractivity contribution in [2.45, 2.75) is 39.5 Å². The van der Waals surface area contributed by atoms with Gasteiger partial charge in [0.25, 0.3) is 5.91 Å². The second kappa shape index (κ2) is 4.84. The summed E-state index contributed by atoms with van der Waals surface area (Å²) < 4.78 is 0. The lowest BCUT2D eigenvalue weighted by Gasteiger charge is -2.22. The highest BCUT2D eigenvalue weighted by atomic mass is 32.1. The van der Waals surface area contributed by atoms with E-state index in [0.717, 1.165) is 5.69 Å². The molecule has 1 unspecified atom stereocenters. The van der Waals surface area contributed by atoms with Gasteiger partial charge in [-0.25, -0.2) is 4.98 Å². The molecule has 6 heteroatoms. The minimum Gasteiger partial charge on any atom is -0.481 e. The molecule has 2 rings (SSSR count). The van der Waals surface area contributed by atoms with Crippen molar-refractivity contribution in [1.29, 1.82) is 0 Å². The van der Waals surface area contributed by atoms with Crippen LogP contribution in [0.3, 0.4) is 0 Å². The molecule has 2 heterocycles. The Hall–Kier alpha value is -1.43. The fraction of sp³-hybridized carbons (Fsp3) is 0.643. The van der Waals surface area contributed by atoms with Crippen molar-refractivity contribution in [3.05, 3.63) is 16.1 Å². The molecule has 0 bridgehead atoms. The van der Waals surface area contributed by atoms with Gasteiger partial charge in [-0.05, 0) is 13.3 Å². The fourth-order valence-corrected chi connectivity index (χ4v) is 3.35. The number of carboxylic acid groups (broad SMARTS) is 1. The van der Waals surface area contributed by atoms with Gasteiger partial charge in [0, 0.05) is 18.5 Å². The standard InChI is InChI=1S/C14H20N2O3S/c1-13(2,3)10-9(20-8-15-10)11(17)16-6-5-14(4,7-16)12(18)19/h8H,5-7H2,1-4H3,(H,18,19). The molecule has 1 saturated heterocycles. The monoisotopic (exact) mass is 296 g/mol. The first-order valence-electron chi connectivity index (χ1n) is 6.62. The highest BCUT2D eigenvalue weighted by molar-refractivity contribution is 7.11. The van der Waals surface area contributed by atoms with Crippen molar-refractivity contribution in [2.24, 2.45) is 5.41 Å². The number of carboxylic acids is 1. The minimum absolute atomic E-state index is 0.0950. The normalized spacial score (nSPS) is 23.1. The number of aromatic nitrogens is 1. The van der Waals surface area contributed by atoms with Crippen LogP contribution in [0, 0.1) is 5.41 Å². The molecule has 20 heavy (non-hydrogen) atoms. The molecule has 1 atom stereocenters. The van der Waals surface area contributed by atoms with E-state index in [4.69, 9.17) is 0 Å². The Morgan fingerprint density at radius 1 is 1.45 bits per heavy atom. The molecule has 1 fully saturated rings. The van der Waals surface area contributed by atoms with Crippen LogP contribution in [0.5, 0.6) is 0 Å². The van der Waals surface area contributed by atoms with E-state index in [0.29, 0.717) is 17.8 Å². The summed E-state index contributed by atoms with van der Waals surface area (Å²) in [6.07, 6.45) is 0.498. The van der Waals surface area contributed by atoms with Crippen LogP contribution >= 0.6 is 11.3 Å². The van der Waals surface area contributed by atoms with Crippen LogP contribution < -0.4 is 0 Å². The molecule has 110 valence electrons. The lowest BCUT2D eigenvalue weighted by molar-refractivity contribution is -0.147. The summed E-state index contributed by atoms with van der Waals surface area (Å²) in [5, 5.41) is 9.24. The van der Waals surface area contributed by atoms with E-state index < -0.39 is 11.4 Å². The maximum Gasteiger partial charge on any atom is 0.311 e. The Morgan fingerprint density at radius 3 is 2.60 bits per heavy atom. The van der Waals surface area contributed by atoms with Crippen LogP contribution in [0.25, 0.3) is 0 Å². The number of aliphatic carboxylic acids is 1. The van der Waals surface area contributed by atoms with Crippen molar-refractivity contribution >= 4 is 23.2 Å². The van der Waals surface area contributed by atoms with Gasteiger partial charge in [-0.1, -0.05) is 20.8 Å². The van der Waals surface area contributed by atoms with E-state index >= 15 is 0 Å². The van der Waals surface area contributed by atoms with Crippen molar-refractivity contribution in [2.75, 3.05) is 13.1 Å². The maximum absolute atomic E-state index is 12.6. The summed E-state index contributed by atoms with van der Waals surface area (Å²) >= 11 is 1.33. The molecule has 1 aromatic heterocycles. The topological polar surface area (TPSA) is 70.5 Å². The van der Waals surface area contributed by atoms with Gasteiger partial charge in [0.2, 0.25) is 0 Å². The van der Waals surface area contributed by atoms with Crippen molar-refractivity contribution in [3.8, 4) is 0 Å². The number of hydrogen-bond donors (Lipinski definition) is 1. The molecule has 5 nitrogen and oxygen atoms in total. The molecular formula is C14H20N2O3S. The summed E-state index contributed by atoms with van der Waals surface area (Å²) in [6, 6.07) is 0. The van der Waals surface area contributed by atoms with E-state index in [1.54, 1.807) is 17.3 Å². The Labute approximate surface area is 122 Å². The SMILES string of the molecule is CC1(C(=O)O)CCN(C(=O)c2scnc2C(C)(C)C)C1. The Kier molecular flexibility index (Phi) is 3.62. The molecule has 0 aromatic carbocycles. The first kappa shape index (κ1) is 15.0. The van der Waals surface area contributed by atoms with Crippen LogP contribution in [0.1, 0.15) is 49.5 Å². The van der Waals surface area contributed by atoms with E-state index in [1.165, 1.54) is 11.3 Å². The average molecular weight is 296 g/mol. The molecule has 0 aliphatic carbocycles. The zero-order valence-electron chi connectivity index (χ0n) is 12.3. The van der Waals surface area contributed by atoms with Crippen molar-refractivity contribution in [1.82, 2.24) is 9.88 Å². The predicted molar refractivity (Wildman–Crippen MR) is 77.1 cm³/mol. The first-order valence-corrected chi connectivity index (χ1v) is 7.50. The molecule has 1 aliphatic heterocycles. The second-order valence-corrected chi connectivity index (χ2v) is 7.48. The number of nitrogens with zero attached hydrogens (tertiary/aromatic N) is 2. The molecule has 1 amide bonds. The Morgan fingerprint density at radius 2 is 2.10 bits per heavy atom. The lowest BCUT2D eigenvalue weighted by atomic mass is 9.90. The van der Waals surface area contributed by atoms with Crippen molar-refractivity contribution < 1.29 is 14.7 Å². The minimum atomic E-state index is -0.840. The van der Waals surface area contributed by atoms with Gasteiger partial charge < -0.3 is 10.0 Å². The number of hydrogen-bond acceptors (Lipinski definition) is 4. The fourth-order valence-electron chi connectivity index (χ4n) is 2.38. The molecule has 1 N–H and O–H groups in total. The molecule has 0 radical (unpaired) electrons. The highest BCUT2D eigenvalue weighted by Gasteiger charge is 2.43. The van der Waals surface area contributed by atoms with Gasteiger partial charge in [0.15, 0.2) is 0 Å². The number of likely N-dealkylation sites (tertiary alicyclic amines) is 1. The van der Waals surface area contributed by atoms with Gasteiger partial charge in [-0.15, -0.1) is 11.3 Å². The van der Waals surface area contributed by atoms with Gasteiger partial charge in [0.1, 0.15) is 4.88 Å². The molecular weight excluding hydrogens is 276 g/mol. The van der Waals surface area contributed by atoms with Crippen LogP contribution in [0.4, 0.5) is 0 Å². The predicted octanol–water partition coefficient (Wildman–Crippen LogP) is 2.38. The van der Waals surface area contributed by atoms with E-state index in [1.807, 2.05) is 20.8 Å². The highest BCUT2D eigenvalue weighted by Crippen LogP contribution is 2.33. The average Bonchev–Trinajstić information content (AvgIpc) is 2.94. The number of thiazole rings is 1.